The lowest BCUT2D eigenvalue weighted by molar-refractivity contribution is -0.384. The first-order chi connectivity index (χ1) is 11.5. The van der Waals surface area contributed by atoms with Gasteiger partial charge in [0, 0.05) is 13.6 Å². The Balaban J connectivity index is 2.20. The fourth-order valence-corrected chi connectivity index (χ4v) is 1.97. The molecule has 0 saturated carbocycles. The molecule has 0 aliphatic carbocycles. The van der Waals surface area contributed by atoms with Crippen molar-refractivity contribution >= 4 is 23.4 Å². The van der Waals surface area contributed by atoms with Crippen LogP contribution in [0.1, 0.15) is 5.56 Å². The van der Waals surface area contributed by atoms with Gasteiger partial charge in [-0.2, -0.15) is 4.98 Å². The molecule has 126 valence electrons. The topological polar surface area (TPSA) is 110 Å². The Morgan fingerprint density at radius 2 is 2.08 bits per heavy atom. The summed E-state index contributed by atoms with van der Waals surface area (Å²) < 4.78 is 4.57. The van der Waals surface area contributed by atoms with E-state index in [0.717, 1.165) is 11.8 Å². The highest BCUT2D eigenvalue weighted by molar-refractivity contribution is 5.76. The van der Waals surface area contributed by atoms with E-state index < -0.39 is 10.9 Å². The largest absolute Gasteiger partial charge is 0.468 e. The number of anilines is 2. The number of rotatable bonds is 7. The minimum absolute atomic E-state index is 0.0379. The van der Waals surface area contributed by atoms with Gasteiger partial charge in [0.15, 0.2) is 0 Å². The van der Waals surface area contributed by atoms with Crippen LogP contribution in [0.25, 0.3) is 0 Å². The minimum Gasteiger partial charge on any atom is -0.468 e. The zero-order valence-corrected chi connectivity index (χ0v) is 13.3. The van der Waals surface area contributed by atoms with Gasteiger partial charge < -0.3 is 15.0 Å². The minimum atomic E-state index is -0.593. The molecule has 0 spiro atoms. The molecule has 0 atom stereocenters. The van der Waals surface area contributed by atoms with Crippen molar-refractivity contribution in [1.82, 2.24) is 9.97 Å². The summed E-state index contributed by atoms with van der Waals surface area (Å²) in [7, 11) is 2.77. The summed E-state index contributed by atoms with van der Waals surface area (Å²) in [4.78, 5) is 31.4. The average molecular weight is 331 g/mol. The lowest BCUT2D eigenvalue weighted by Gasteiger charge is -2.17. The number of hydrogen-bond donors (Lipinski definition) is 1. The molecule has 9 heteroatoms. The number of nitro groups is 1. The maximum absolute atomic E-state index is 11.4. The number of benzene rings is 1. The van der Waals surface area contributed by atoms with Crippen molar-refractivity contribution in [3.63, 3.8) is 0 Å². The van der Waals surface area contributed by atoms with Crippen molar-refractivity contribution in [3.05, 3.63) is 52.2 Å². The Morgan fingerprint density at radius 1 is 1.38 bits per heavy atom. The Kier molecular flexibility index (Phi) is 5.61. The van der Waals surface area contributed by atoms with Crippen LogP contribution >= 0.6 is 0 Å². The molecule has 0 amide bonds. The van der Waals surface area contributed by atoms with E-state index >= 15 is 0 Å². The molecule has 0 saturated heterocycles. The van der Waals surface area contributed by atoms with Crippen LogP contribution in [-0.2, 0) is 16.1 Å². The molecule has 24 heavy (non-hydrogen) atoms. The van der Waals surface area contributed by atoms with Gasteiger partial charge in [0.25, 0.3) is 0 Å². The highest BCUT2D eigenvalue weighted by Crippen LogP contribution is 2.25. The molecule has 9 nitrogen and oxygen atoms in total. The van der Waals surface area contributed by atoms with Gasteiger partial charge in [-0.05, 0) is 5.56 Å². The molecule has 1 aromatic carbocycles. The smallest absolute Gasteiger partial charge is 0.329 e. The van der Waals surface area contributed by atoms with Gasteiger partial charge in [0.05, 0.1) is 12.0 Å². The van der Waals surface area contributed by atoms with Crippen molar-refractivity contribution < 1.29 is 14.5 Å². The summed E-state index contributed by atoms with van der Waals surface area (Å²) in [5, 5.41) is 14.1. The third-order valence-corrected chi connectivity index (χ3v) is 3.20. The van der Waals surface area contributed by atoms with E-state index in [-0.39, 0.29) is 24.0 Å². The van der Waals surface area contributed by atoms with Gasteiger partial charge in [0.2, 0.25) is 11.8 Å². The Bertz CT molecular complexity index is 723. The van der Waals surface area contributed by atoms with E-state index in [9.17, 15) is 14.9 Å². The van der Waals surface area contributed by atoms with Gasteiger partial charge in [0.1, 0.15) is 12.7 Å². The number of nitrogens with one attached hydrogen (secondary N) is 1. The van der Waals surface area contributed by atoms with Crippen LogP contribution in [0.3, 0.4) is 0 Å². The molecular weight excluding hydrogens is 314 g/mol. The summed E-state index contributed by atoms with van der Waals surface area (Å²) in [6.07, 6.45) is 1.11. The Hall–Kier alpha value is -3.23. The van der Waals surface area contributed by atoms with Gasteiger partial charge in [-0.1, -0.05) is 30.3 Å². The lowest BCUT2D eigenvalue weighted by atomic mass is 10.2. The van der Waals surface area contributed by atoms with Crippen LogP contribution < -0.4 is 10.2 Å². The molecule has 0 fully saturated rings. The zero-order valence-electron chi connectivity index (χ0n) is 13.3. The lowest BCUT2D eigenvalue weighted by Crippen LogP contribution is -2.28. The average Bonchev–Trinajstić information content (AvgIpc) is 2.60. The van der Waals surface area contributed by atoms with Crippen molar-refractivity contribution in [3.8, 4) is 0 Å². The maximum Gasteiger partial charge on any atom is 0.329 e. The Morgan fingerprint density at radius 3 is 2.71 bits per heavy atom. The van der Waals surface area contributed by atoms with Crippen LogP contribution in [0, 0.1) is 10.1 Å². The third kappa shape index (κ3) is 4.38. The summed E-state index contributed by atoms with van der Waals surface area (Å²) in [6.45, 7) is 0.311. The Labute approximate surface area is 138 Å². The van der Waals surface area contributed by atoms with Crippen LogP contribution in [-0.4, -0.2) is 41.6 Å². The molecule has 1 aromatic heterocycles. The molecule has 0 unspecified atom stereocenters. The van der Waals surface area contributed by atoms with Crippen molar-refractivity contribution in [2.75, 3.05) is 30.9 Å². The molecule has 2 rings (SSSR count). The quantitative estimate of drug-likeness (QED) is 0.463. The number of carbonyl (C=O) groups excluding carboxylic acids is 1. The van der Waals surface area contributed by atoms with Crippen LogP contribution in [0.2, 0.25) is 0 Å². The van der Waals surface area contributed by atoms with E-state index in [2.05, 4.69) is 20.0 Å². The second kappa shape index (κ2) is 7.86. The molecule has 0 aliphatic rings. The van der Waals surface area contributed by atoms with E-state index in [0.29, 0.717) is 6.54 Å². The van der Waals surface area contributed by atoms with Gasteiger partial charge >= 0.3 is 11.7 Å². The molecule has 0 aliphatic heterocycles. The molecule has 0 radical (unpaired) electrons. The predicted octanol–water partition coefficient (Wildman–Crippen LogP) is 1.61. The summed E-state index contributed by atoms with van der Waals surface area (Å²) in [6, 6.07) is 9.59. The fraction of sp³-hybridized carbons (Fsp3) is 0.267. The van der Waals surface area contributed by atoms with Crippen molar-refractivity contribution in [2.45, 2.75) is 6.54 Å². The highest BCUT2D eigenvalue weighted by Gasteiger charge is 2.22. The monoisotopic (exact) mass is 331 g/mol. The second-order valence-corrected chi connectivity index (χ2v) is 4.93. The van der Waals surface area contributed by atoms with Gasteiger partial charge in [-0.25, -0.2) is 4.98 Å². The summed E-state index contributed by atoms with van der Waals surface area (Å²) >= 11 is 0. The molecule has 1 heterocycles. The van der Waals surface area contributed by atoms with Gasteiger partial charge in [-0.15, -0.1) is 0 Å². The van der Waals surface area contributed by atoms with Crippen LogP contribution in [0.5, 0.6) is 0 Å². The second-order valence-electron chi connectivity index (χ2n) is 4.93. The van der Waals surface area contributed by atoms with Crippen molar-refractivity contribution in [1.29, 1.82) is 0 Å². The first-order valence-electron chi connectivity index (χ1n) is 7.08. The van der Waals surface area contributed by atoms with Crippen LogP contribution in [0.15, 0.2) is 36.5 Å². The number of hydrogen-bond acceptors (Lipinski definition) is 8. The number of aromatic nitrogens is 2. The number of methoxy groups -OCH3 is 1. The van der Waals surface area contributed by atoms with Crippen LogP contribution in [0.4, 0.5) is 17.5 Å². The normalized spacial score (nSPS) is 10.1. The van der Waals surface area contributed by atoms with E-state index in [1.165, 1.54) is 19.1 Å². The van der Waals surface area contributed by atoms with E-state index in [1.807, 2.05) is 30.3 Å². The van der Waals surface area contributed by atoms with Gasteiger partial charge in [-0.3, -0.25) is 14.9 Å². The van der Waals surface area contributed by atoms with Crippen molar-refractivity contribution in [2.24, 2.45) is 0 Å². The number of carbonyl (C=O) groups is 1. The standard InChI is InChI=1S/C15H17N5O4/c1-19(10-13(21)24-2)14-12(20(22)23)9-17-15(18-14)16-8-11-6-4-3-5-7-11/h3-7,9H,8,10H2,1-2H3,(H,16,17,18). The SMILES string of the molecule is COC(=O)CN(C)c1nc(NCc2ccccc2)ncc1[N+](=O)[O-]. The first kappa shape index (κ1) is 17.1. The molecule has 2 aromatic rings. The zero-order chi connectivity index (χ0) is 17.5. The maximum atomic E-state index is 11.4. The number of esters is 1. The van der Waals surface area contributed by atoms with E-state index in [4.69, 9.17) is 0 Å². The number of ether oxygens (including phenoxy) is 1. The summed E-state index contributed by atoms with van der Waals surface area (Å²) in [5.41, 5.74) is 0.732. The molecular formula is C15H17N5O4. The predicted molar refractivity (Wildman–Crippen MR) is 87.7 cm³/mol. The summed E-state index contributed by atoms with van der Waals surface area (Å²) in [5.74, 6) is -0.253. The third-order valence-electron chi connectivity index (χ3n) is 3.20. The highest BCUT2D eigenvalue weighted by atomic mass is 16.6. The molecule has 1 N–H and O–H groups in total. The number of nitrogens with zero attached hydrogens (tertiary/aromatic N) is 4. The van der Waals surface area contributed by atoms with E-state index in [1.54, 1.807) is 0 Å². The first-order valence-corrected chi connectivity index (χ1v) is 7.08. The fourth-order valence-electron chi connectivity index (χ4n) is 1.97. The number of likely N-dealkylation sites (N-methyl/N-ethyl adjacent to an activating group) is 1. The molecule has 0 bridgehead atoms.